The largest absolute Gasteiger partial charge is 0.341 e. The van der Waals surface area contributed by atoms with Gasteiger partial charge < -0.3 is 10.6 Å². The highest BCUT2D eigenvalue weighted by molar-refractivity contribution is 5.74. The molecule has 1 fully saturated rings. The van der Waals surface area contributed by atoms with Gasteiger partial charge >= 0.3 is 0 Å². The Hall–Kier alpha value is -2.67. The standard InChI is InChI=1S/C23H32N6O/c1-3-4-6-13-19-25-21-20(22(30)27(19)2)29(15-17-10-7-5-8-11-17)23(26-21)28-14-9-12-18(24)16-28/h5,7-8,10-11,18H,3-4,6,9,12-16,24H2,1-2H3. The van der Waals surface area contributed by atoms with Crippen LogP contribution >= 0.6 is 0 Å². The quantitative estimate of drug-likeness (QED) is 0.608. The molecule has 3 aromatic rings. The van der Waals surface area contributed by atoms with Crippen LogP contribution in [0.2, 0.25) is 0 Å². The van der Waals surface area contributed by atoms with Crippen molar-refractivity contribution in [2.24, 2.45) is 12.8 Å². The zero-order valence-corrected chi connectivity index (χ0v) is 18.0. The van der Waals surface area contributed by atoms with E-state index in [9.17, 15) is 4.79 Å². The summed E-state index contributed by atoms with van der Waals surface area (Å²) < 4.78 is 3.74. The lowest BCUT2D eigenvalue weighted by molar-refractivity contribution is 0.495. The molecule has 1 aliphatic heterocycles. The van der Waals surface area contributed by atoms with E-state index in [1.165, 1.54) is 0 Å². The summed E-state index contributed by atoms with van der Waals surface area (Å²) >= 11 is 0. The van der Waals surface area contributed by atoms with Gasteiger partial charge in [0.1, 0.15) is 5.82 Å². The summed E-state index contributed by atoms with van der Waals surface area (Å²) in [6, 6.07) is 10.3. The Morgan fingerprint density at radius 2 is 1.97 bits per heavy atom. The minimum atomic E-state index is -0.0255. The number of imidazole rings is 1. The molecule has 1 aromatic carbocycles. The van der Waals surface area contributed by atoms with Gasteiger partial charge in [0.05, 0.1) is 6.54 Å². The maximum atomic E-state index is 13.4. The number of hydrogen-bond acceptors (Lipinski definition) is 5. The van der Waals surface area contributed by atoms with Gasteiger partial charge in [-0.1, -0.05) is 50.1 Å². The Morgan fingerprint density at radius 1 is 1.17 bits per heavy atom. The number of aryl methyl sites for hydroxylation is 1. The second-order valence-corrected chi connectivity index (χ2v) is 8.35. The van der Waals surface area contributed by atoms with Gasteiger partial charge in [-0.25, -0.2) is 4.98 Å². The first-order chi connectivity index (χ1) is 14.6. The lowest BCUT2D eigenvalue weighted by atomic mass is 10.1. The highest BCUT2D eigenvalue weighted by Crippen LogP contribution is 2.24. The van der Waals surface area contributed by atoms with Crippen LogP contribution in [0.15, 0.2) is 35.1 Å². The monoisotopic (exact) mass is 408 g/mol. The van der Waals surface area contributed by atoms with E-state index in [-0.39, 0.29) is 11.6 Å². The average molecular weight is 409 g/mol. The Kier molecular flexibility index (Phi) is 6.18. The van der Waals surface area contributed by atoms with Crippen LogP contribution in [0.25, 0.3) is 11.2 Å². The minimum Gasteiger partial charge on any atom is -0.341 e. The van der Waals surface area contributed by atoms with E-state index in [0.29, 0.717) is 17.7 Å². The van der Waals surface area contributed by atoms with Crippen LogP contribution in [0.1, 0.15) is 50.4 Å². The molecule has 3 heterocycles. The van der Waals surface area contributed by atoms with E-state index in [4.69, 9.17) is 15.7 Å². The van der Waals surface area contributed by atoms with Gasteiger partial charge in [-0.3, -0.25) is 13.9 Å². The molecule has 0 saturated carbocycles. The topological polar surface area (TPSA) is 82.0 Å². The van der Waals surface area contributed by atoms with Gasteiger partial charge in [0, 0.05) is 32.6 Å². The Morgan fingerprint density at radius 3 is 2.70 bits per heavy atom. The van der Waals surface area contributed by atoms with E-state index in [1.807, 2.05) is 29.8 Å². The number of piperidine rings is 1. The molecule has 2 aromatic heterocycles. The van der Waals surface area contributed by atoms with Crippen LogP contribution < -0.4 is 16.2 Å². The summed E-state index contributed by atoms with van der Waals surface area (Å²) in [4.78, 5) is 25.3. The molecule has 2 N–H and O–H groups in total. The molecule has 0 amide bonds. The van der Waals surface area contributed by atoms with E-state index < -0.39 is 0 Å². The van der Waals surface area contributed by atoms with Crippen molar-refractivity contribution in [3.63, 3.8) is 0 Å². The van der Waals surface area contributed by atoms with Crippen molar-refractivity contribution in [3.05, 3.63) is 52.1 Å². The minimum absolute atomic E-state index is 0.0255. The predicted octanol–water partition coefficient (Wildman–Crippen LogP) is 2.84. The van der Waals surface area contributed by atoms with Gasteiger partial charge in [-0.2, -0.15) is 4.98 Å². The third-order valence-electron chi connectivity index (χ3n) is 5.99. The Bertz CT molecular complexity index is 1050. The van der Waals surface area contributed by atoms with Crippen LogP contribution in [-0.4, -0.2) is 38.2 Å². The summed E-state index contributed by atoms with van der Waals surface area (Å²) in [6.07, 6.45) is 6.15. The molecular formula is C23H32N6O. The highest BCUT2D eigenvalue weighted by Gasteiger charge is 2.25. The second-order valence-electron chi connectivity index (χ2n) is 8.35. The van der Waals surface area contributed by atoms with Crippen molar-refractivity contribution in [2.45, 2.75) is 58.0 Å². The number of anilines is 1. The lowest BCUT2D eigenvalue weighted by Gasteiger charge is -2.31. The van der Waals surface area contributed by atoms with E-state index >= 15 is 0 Å². The van der Waals surface area contributed by atoms with Crippen molar-refractivity contribution in [1.29, 1.82) is 0 Å². The Labute approximate surface area is 177 Å². The fourth-order valence-corrected chi connectivity index (χ4v) is 4.30. The van der Waals surface area contributed by atoms with Crippen molar-refractivity contribution >= 4 is 17.1 Å². The third kappa shape index (κ3) is 4.12. The van der Waals surface area contributed by atoms with Gasteiger partial charge in [-0.15, -0.1) is 0 Å². The normalized spacial score (nSPS) is 17.0. The van der Waals surface area contributed by atoms with Crippen LogP contribution in [0.5, 0.6) is 0 Å². The van der Waals surface area contributed by atoms with E-state index in [1.54, 1.807) is 4.57 Å². The maximum Gasteiger partial charge on any atom is 0.279 e. The molecular weight excluding hydrogens is 376 g/mol. The molecule has 0 aliphatic carbocycles. The molecule has 0 spiro atoms. The first kappa shape index (κ1) is 20.6. The molecule has 1 aliphatic rings. The number of unbranched alkanes of at least 4 members (excludes halogenated alkanes) is 2. The van der Waals surface area contributed by atoms with Crippen molar-refractivity contribution in [2.75, 3.05) is 18.0 Å². The Balaban J connectivity index is 1.82. The zero-order chi connectivity index (χ0) is 21.1. The number of nitrogens with two attached hydrogens (primary N) is 1. The van der Waals surface area contributed by atoms with Crippen LogP contribution in [0, 0.1) is 0 Å². The van der Waals surface area contributed by atoms with Crippen LogP contribution in [0.3, 0.4) is 0 Å². The molecule has 7 heteroatoms. The number of benzene rings is 1. The molecule has 30 heavy (non-hydrogen) atoms. The van der Waals surface area contributed by atoms with Crippen LogP contribution in [-0.2, 0) is 20.0 Å². The summed E-state index contributed by atoms with van der Waals surface area (Å²) in [5.74, 6) is 1.62. The summed E-state index contributed by atoms with van der Waals surface area (Å²) in [6.45, 7) is 4.41. The molecule has 1 atom stereocenters. The van der Waals surface area contributed by atoms with Gasteiger partial charge in [-0.05, 0) is 24.8 Å². The third-order valence-corrected chi connectivity index (χ3v) is 5.99. The summed E-state index contributed by atoms with van der Waals surface area (Å²) in [5, 5.41) is 0. The second kappa shape index (κ2) is 9.00. The van der Waals surface area contributed by atoms with E-state index in [2.05, 4.69) is 24.0 Å². The molecule has 0 radical (unpaired) electrons. The highest BCUT2D eigenvalue weighted by atomic mass is 16.1. The van der Waals surface area contributed by atoms with Crippen LogP contribution in [0.4, 0.5) is 5.95 Å². The van der Waals surface area contributed by atoms with Gasteiger partial charge in [0.25, 0.3) is 5.56 Å². The molecule has 1 unspecified atom stereocenters. The molecule has 4 rings (SSSR count). The molecule has 0 bridgehead atoms. The van der Waals surface area contributed by atoms with Crippen molar-refractivity contribution in [1.82, 2.24) is 19.1 Å². The number of rotatable bonds is 7. The summed E-state index contributed by atoms with van der Waals surface area (Å²) in [5.41, 5.74) is 8.48. The average Bonchev–Trinajstić information content (AvgIpc) is 3.10. The number of nitrogens with zero attached hydrogens (tertiary/aromatic N) is 5. The SMILES string of the molecule is CCCCCc1nc2nc(N3CCCC(N)C3)n(Cc3ccccc3)c2c(=O)n1C. The zero-order valence-electron chi connectivity index (χ0n) is 18.0. The lowest BCUT2D eigenvalue weighted by Crippen LogP contribution is -2.44. The smallest absolute Gasteiger partial charge is 0.279 e. The maximum absolute atomic E-state index is 13.4. The van der Waals surface area contributed by atoms with Crippen molar-refractivity contribution < 1.29 is 0 Å². The molecule has 160 valence electrons. The number of hydrogen-bond donors (Lipinski definition) is 1. The number of aromatic nitrogens is 4. The fourth-order valence-electron chi connectivity index (χ4n) is 4.30. The molecule has 1 saturated heterocycles. The van der Waals surface area contributed by atoms with Crippen molar-refractivity contribution in [3.8, 4) is 0 Å². The molecule has 7 nitrogen and oxygen atoms in total. The first-order valence-corrected chi connectivity index (χ1v) is 11.1. The predicted molar refractivity (Wildman–Crippen MR) is 121 cm³/mol. The van der Waals surface area contributed by atoms with Gasteiger partial charge in [0.15, 0.2) is 11.2 Å². The van der Waals surface area contributed by atoms with Gasteiger partial charge in [0.2, 0.25) is 5.95 Å². The fraction of sp³-hybridized carbons (Fsp3) is 0.522. The first-order valence-electron chi connectivity index (χ1n) is 11.1. The summed E-state index contributed by atoms with van der Waals surface area (Å²) in [7, 11) is 1.83. The number of fused-ring (bicyclic) bond motifs is 1. The van der Waals surface area contributed by atoms with E-state index in [0.717, 1.165) is 69.0 Å².